The largest absolute Gasteiger partial charge is 0.451 e. The maximum absolute atomic E-state index is 12.5. The number of aromatic nitrogens is 1. The SMILES string of the molecule is O=C(Nc1ncc(Cc2cc(Cl)ccc2Cl)s1)c1ccc(-c2ccccc2Cl)o1. The summed E-state index contributed by atoms with van der Waals surface area (Å²) < 4.78 is 5.66. The van der Waals surface area contributed by atoms with Gasteiger partial charge in [-0.05, 0) is 48.0 Å². The zero-order valence-electron chi connectivity index (χ0n) is 14.8. The molecule has 0 unspecified atom stereocenters. The number of hydrogen-bond acceptors (Lipinski definition) is 4. The van der Waals surface area contributed by atoms with Gasteiger partial charge in [0.1, 0.15) is 5.76 Å². The number of rotatable bonds is 5. The van der Waals surface area contributed by atoms with Crippen LogP contribution in [-0.2, 0) is 6.42 Å². The van der Waals surface area contributed by atoms with Crippen LogP contribution in [0.3, 0.4) is 0 Å². The van der Waals surface area contributed by atoms with Gasteiger partial charge in [0.25, 0.3) is 5.91 Å². The van der Waals surface area contributed by atoms with E-state index in [4.69, 9.17) is 39.2 Å². The van der Waals surface area contributed by atoms with Gasteiger partial charge in [0.2, 0.25) is 0 Å². The Hall–Kier alpha value is -2.31. The average Bonchev–Trinajstić information content (AvgIpc) is 3.35. The van der Waals surface area contributed by atoms with Crippen molar-refractivity contribution in [1.29, 1.82) is 0 Å². The van der Waals surface area contributed by atoms with Crippen LogP contribution in [0.25, 0.3) is 11.3 Å². The molecule has 146 valence electrons. The predicted molar refractivity (Wildman–Crippen MR) is 118 cm³/mol. The molecular formula is C21H13Cl3N2O2S. The van der Waals surface area contributed by atoms with Gasteiger partial charge in [-0.1, -0.05) is 46.9 Å². The standard InChI is InChI=1S/C21H13Cl3N2O2S/c22-13-5-6-16(23)12(9-13)10-14-11-25-21(29-14)26-20(27)19-8-7-18(28-19)15-3-1-2-4-17(15)24/h1-9,11H,10H2,(H,25,26,27). The summed E-state index contributed by atoms with van der Waals surface area (Å²) in [7, 11) is 0. The Morgan fingerprint density at radius 1 is 1.03 bits per heavy atom. The molecule has 0 aliphatic rings. The van der Waals surface area contributed by atoms with Gasteiger partial charge in [-0.25, -0.2) is 4.98 Å². The number of hydrogen-bond donors (Lipinski definition) is 1. The first-order valence-corrected chi connectivity index (χ1v) is 10.5. The normalized spacial score (nSPS) is 10.9. The van der Waals surface area contributed by atoms with E-state index in [1.807, 2.05) is 24.3 Å². The highest BCUT2D eigenvalue weighted by Gasteiger charge is 2.16. The fraction of sp³-hybridized carbons (Fsp3) is 0.0476. The molecule has 0 saturated heterocycles. The molecule has 1 amide bonds. The quantitative estimate of drug-likeness (QED) is 0.340. The van der Waals surface area contributed by atoms with Gasteiger partial charge >= 0.3 is 0 Å². The molecule has 8 heteroatoms. The van der Waals surface area contributed by atoms with Crippen LogP contribution in [-0.4, -0.2) is 10.9 Å². The molecular weight excluding hydrogens is 451 g/mol. The van der Waals surface area contributed by atoms with Crippen molar-refractivity contribution in [3.63, 3.8) is 0 Å². The molecule has 2 aromatic heterocycles. The maximum Gasteiger partial charge on any atom is 0.293 e. The van der Waals surface area contributed by atoms with Gasteiger partial charge in [0.15, 0.2) is 10.9 Å². The van der Waals surface area contributed by atoms with Crippen molar-refractivity contribution in [2.45, 2.75) is 6.42 Å². The van der Waals surface area contributed by atoms with Crippen LogP contribution in [0.5, 0.6) is 0 Å². The van der Waals surface area contributed by atoms with E-state index >= 15 is 0 Å². The number of benzene rings is 2. The Labute approximate surface area is 186 Å². The van der Waals surface area contributed by atoms with Crippen molar-refractivity contribution < 1.29 is 9.21 Å². The summed E-state index contributed by atoms with van der Waals surface area (Å²) in [4.78, 5) is 17.7. The van der Waals surface area contributed by atoms with Gasteiger partial charge in [0, 0.05) is 33.1 Å². The van der Waals surface area contributed by atoms with Crippen LogP contribution in [0.4, 0.5) is 5.13 Å². The predicted octanol–water partition coefficient (Wildman–Crippen LogP) is 7.21. The maximum atomic E-state index is 12.5. The van der Waals surface area contributed by atoms with E-state index in [0.29, 0.717) is 32.4 Å². The molecule has 2 aromatic carbocycles. The lowest BCUT2D eigenvalue weighted by atomic mass is 10.1. The number of carbonyl (C=O) groups is 1. The minimum absolute atomic E-state index is 0.176. The molecule has 0 radical (unpaired) electrons. The van der Waals surface area contributed by atoms with E-state index in [-0.39, 0.29) is 11.7 Å². The molecule has 0 aliphatic heterocycles. The van der Waals surface area contributed by atoms with Crippen LogP contribution in [0, 0.1) is 0 Å². The van der Waals surface area contributed by atoms with Crippen LogP contribution < -0.4 is 5.32 Å². The first-order valence-electron chi connectivity index (χ1n) is 8.54. The Kier molecular flexibility index (Phi) is 5.92. The second kappa shape index (κ2) is 8.59. The van der Waals surface area contributed by atoms with E-state index in [0.717, 1.165) is 16.0 Å². The third-order valence-corrected chi connectivity index (χ3v) is 5.96. The van der Waals surface area contributed by atoms with Crippen molar-refractivity contribution in [3.8, 4) is 11.3 Å². The van der Waals surface area contributed by atoms with Gasteiger partial charge in [-0.3, -0.25) is 10.1 Å². The fourth-order valence-electron chi connectivity index (χ4n) is 2.74. The number of furan rings is 1. The summed E-state index contributed by atoms with van der Waals surface area (Å²) >= 11 is 19.8. The molecule has 4 rings (SSSR count). The number of amides is 1. The summed E-state index contributed by atoms with van der Waals surface area (Å²) in [5, 5.41) is 5.03. The molecule has 0 fully saturated rings. The Balaban J connectivity index is 1.46. The summed E-state index contributed by atoms with van der Waals surface area (Å²) in [5.41, 5.74) is 1.62. The lowest BCUT2D eigenvalue weighted by Gasteiger charge is -2.02. The highest BCUT2D eigenvalue weighted by Crippen LogP contribution is 2.30. The number of nitrogens with one attached hydrogen (secondary N) is 1. The number of thiazole rings is 1. The highest BCUT2D eigenvalue weighted by atomic mass is 35.5. The molecule has 4 nitrogen and oxygen atoms in total. The van der Waals surface area contributed by atoms with Crippen LogP contribution in [0.15, 0.2) is 65.2 Å². The monoisotopic (exact) mass is 462 g/mol. The molecule has 2 heterocycles. The van der Waals surface area contributed by atoms with Crippen LogP contribution in [0.2, 0.25) is 15.1 Å². The molecule has 0 spiro atoms. The van der Waals surface area contributed by atoms with E-state index in [1.54, 1.807) is 36.5 Å². The molecule has 1 N–H and O–H groups in total. The topological polar surface area (TPSA) is 55.1 Å². The van der Waals surface area contributed by atoms with Crippen LogP contribution in [0.1, 0.15) is 21.0 Å². The van der Waals surface area contributed by atoms with Gasteiger partial charge in [-0.2, -0.15) is 0 Å². The van der Waals surface area contributed by atoms with E-state index in [9.17, 15) is 4.79 Å². The Morgan fingerprint density at radius 3 is 2.69 bits per heavy atom. The van der Waals surface area contributed by atoms with E-state index < -0.39 is 0 Å². The molecule has 0 bridgehead atoms. The lowest BCUT2D eigenvalue weighted by molar-refractivity contribution is 0.0997. The van der Waals surface area contributed by atoms with Crippen molar-refractivity contribution in [1.82, 2.24) is 4.98 Å². The smallest absolute Gasteiger partial charge is 0.293 e. The van der Waals surface area contributed by atoms with Crippen molar-refractivity contribution in [2.24, 2.45) is 0 Å². The van der Waals surface area contributed by atoms with Gasteiger partial charge in [-0.15, -0.1) is 11.3 Å². The number of carbonyl (C=O) groups excluding carboxylic acids is 1. The number of nitrogens with zero attached hydrogens (tertiary/aromatic N) is 1. The molecule has 4 aromatic rings. The second-order valence-corrected chi connectivity index (χ2v) is 8.51. The minimum Gasteiger partial charge on any atom is -0.451 e. The number of anilines is 1. The average molecular weight is 464 g/mol. The van der Waals surface area contributed by atoms with Crippen molar-refractivity contribution >= 4 is 57.2 Å². The lowest BCUT2D eigenvalue weighted by Crippen LogP contribution is -2.10. The third-order valence-electron chi connectivity index (χ3n) is 4.12. The van der Waals surface area contributed by atoms with Gasteiger partial charge in [0.05, 0.1) is 5.02 Å². The van der Waals surface area contributed by atoms with Crippen molar-refractivity contribution in [2.75, 3.05) is 5.32 Å². The Morgan fingerprint density at radius 2 is 1.86 bits per heavy atom. The first-order chi connectivity index (χ1) is 14.0. The molecule has 0 aliphatic carbocycles. The van der Waals surface area contributed by atoms with E-state index in [2.05, 4.69) is 10.3 Å². The minimum atomic E-state index is -0.384. The summed E-state index contributed by atoms with van der Waals surface area (Å²) in [6.45, 7) is 0. The zero-order chi connectivity index (χ0) is 20.4. The third kappa shape index (κ3) is 4.65. The Bertz CT molecular complexity index is 1190. The fourth-order valence-corrected chi connectivity index (χ4v) is 4.18. The summed E-state index contributed by atoms with van der Waals surface area (Å²) in [6, 6.07) is 15.9. The molecule has 0 saturated carbocycles. The van der Waals surface area contributed by atoms with Crippen LogP contribution >= 0.6 is 46.1 Å². The van der Waals surface area contributed by atoms with Crippen molar-refractivity contribution in [3.05, 3.63) is 92.1 Å². The van der Waals surface area contributed by atoms with E-state index in [1.165, 1.54) is 11.3 Å². The zero-order valence-corrected chi connectivity index (χ0v) is 17.9. The molecule has 0 atom stereocenters. The summed E-state index contributed by atoms with van der Waals surface area (Å²) in [6.07, 6.45) is 2.28. The second-order valence-electron chi connectivity index (χ2n) is 6.14. The summed E-state index contributed by atoms with van der Waals surface area (Å²) in [5.74, 6) is 0.315. The number of halogens is 3. The first kappa shape index (κ1) is 20.0. The van der Waals surface area contributed by atoms with Gasteiger partial charge < -0.3 is 4.42 Å². The molecule has 29 heavy (non-hydrogen) atoms. The highest BCUT2D eigenvalue weighted by molar-refractivity contribution is 7.15.